The number of pyridine rings is 1. The molecule has 3 heterocycles. The molecule has 0 fully saturated rings. The molecule has 2 N–H and O–H groups in total. The highest BCUT2D eigenvalue weighted by atomic mass is 79.9. The van der Waals surface area contributed by atoms with Crippen LogP contribution in [0.25, 0.3) is 38.2 Å². The van der Waals surface area contributed by atoms with Crippen LogP contribution in [0.2, 0.25) is 0 Å². The van der Waals surface area contributed by atoms with Gasteiger partial charge in [-0.05, 0) is 45.6 Å². The molecule has 3 aromatic heterocycles. The summed E-state index contributed by atoms with van der Waals surface area (Å²) in [5.74, 6) is 0.507. The molecule has 0 aliphatic rings. The van der Waals surface area contributed by atoms with Crippen molar-refractivity contribution in [2.24, 2.45) is 0 Å². The Hall–Kier alpha value is -3.39. The first-order valence-electron chi connectivity index (χ1n) is 8.61. The van der Waals surface area contributed by atoms with Crippen LogP contribution in [0.1, 0.15) is 0 Å². The first-order valence-corrected chi connectivity index (χ1v) is 9.40. The van der Waals surface area contributed by atoms with Gasteiger partial charge in [-0.1, -0.05) is 0 Å². The number of hydrogen-bond donors (Lipinski definition) is 2. The lowest BCUT2D eigenvalue weighted by molar-refractivity contribution is 0.373. The van der Waals surface area contributed by atoms with E-state index in [0.717, 1.165) is 16.3 Å². The number of phenolic OH excluding ortho intramolecular Hbond substituents is 2. The molecule has 146 valence electrons. The van der Waals surface area contributed by atoms with E-state index in [1.54, 1.807) is 34.9 Å². The van der Waals surface area contributed by atoms with E-state index in [4.69, 9.17) is 13.9 Å². The highest BCUT2D eigenvalue weighted by Gasteiger charge is 2.21. The van der Waals surface area contributed by atoms with Gasteiger partial charge in [-0.25, -0.2) is 4.79 Å². The molecule has 0 unspecified atom stereocenters. The SMILES string of the molecule is COc1cc2c(cc1O)oc(=O)c1c2c(Br)c2c3cc(OC)c(O)cc3ccn21. The van der Waals surface area contributed by atoms with E-state index in [1.165, 1.54) is 20.3 Å². The van der Waals surface area contributed by atoms with Crippen LogP contribution >= 0.6 is 15.9 Å². The van der Waals surface area contributed by atoms with Crippen LogP contribution in [0.3, 0.4) is 0 Å². The molecule has 0 saturated heterocycles. The number of methoxy groups -OCH3 is 2. The molecule has 5 rings (SSSR count). The van der Waals surface area contributed by atoms with Gasteiger partial charge in [0.1, 0.15) is 11.1 Å². The topological polar surface area (TPSA) is 93.5 Å². The molecule has 7 nitrogen and oxygen atoms in total. The average molecular weight is 456 g/mol. The lowest BCUT2D eigenvalue weighted by atomic mass is 10.1. The van der Waals surface area contributed by atoms with Crippen LogP contribution in [0.4, 0.5) is 0 Å². The molecule has 2 aromatic carbocycles. The van der Waals surface area contributed by atoms with E-state index < -0.39 is 5.63 Å². The number of aromatic hydroxyl groups is 2. The molecular weight excluding hydrogens is 442 g/mol. The second-order valence-electron chi connectivity index (χ2n) is 6.59. The van der Waals surface area contributed by atoms with Crippen LogP contribution in [0.5, 0.6) is 23.0 Å². The summed E-state index contributed by atoms with van der Waals surface area (Å²) < 4.78 is 18.4. The molecule has 0 aliphatic heterocycles. The molecule has 0 aliphatic carbocycles. The van der Waals surface area contributed by atoms with Crippen molar-refractivity contribution >= 4 is 54.1 Å². The lowest BCUT2D eigenvalue weighted by Gasteiger charge is -2.08. The summed E-state index contributed by atoms with van der Waals surface area (Å²) in [6, 6.07) is 8.13. The van der Waals surface area contributed by atoms with Crippen molar-refractivity contribution < 1.29 is 24.1 Å². The van der Waals surface area contributed by atoms with E-state index in [9.17, 15) is 15.0 Å². The van der Waals surface area contributed by atoms with E-state index in [2.05, 4.69) is 15.9 Å². The minimum atomic E-state index is -0.539. The van der Waals surface area contributed by atoms with Gasteiger partial charge >= 0.3 is 5.63 Å². The first kappa shape index (κ1) is 17.7. The Bertz CT molecular complexity index is 1530. The quantitative estimate of drug-likeness (QED) is 0.379. The Morgan fingerprint density at radius 1 is 0.966 bits per heavy atom. The monoisotopic (exact) mass is 455 g/mol. The number of aromatic nitrogens is 1. The van der Waals surface area contributed by atoms with E-state index in [1.807, 2.05) is 0 Å². The van der Waals surface area contributed by atoms with Crippen LogP contribution in [0, 0.1) is 0 Å². The Kier molecular flexibility index (Phi) is 3.69. The molecule has 5 aromatic rings. The molecule has 0 saturated carbocycles. The summed E-state index contributed by atoms with van der Waals surface area (Å²) in [6.45, 7) is 0. The number of phenols is 2. The summed E-state index contributed by atoms with van der Waals surface area (Å²) in [4.78, 5) is 12.8. The van der Waals surface area contributed by atoms with Crippen LogP contribution in [-0.4, -0.2) is 28.8 Å². The summed E-state index contributed by atoms with van der Waals surface area (Å²) >= 11 is 3.65. The number of hydrogen-bond acceptors (Lipinski definition) is 6. The average Bonchev–Trinajstić information content (AvgIpc) is 3.01. The standard InChI is InChI=1S/C21H14BrNO6/c1-27-15-6-10-9(5-12(15)24)3-4-23-19(10)18(22)17-11-7-16(28-2)13(25)8-14(11)29-21(26)20(17)23/h3-8,24-25H,1-2H3. The number of ether oxygens (including phenoxy) is 2. The Labute approximate surface area is 171 Å². The van der Waals surface area contributed by atoms with Gasteiger partial charge in [0.15, 0.2) is 23.0 Å². The van der Waals surface area contributed by atoms with Crippen LogP contribution in [0.15, 0.2) is 50.2 Å². The van der Waals surface area contributed by atoms with Crippen molar-refractivity contribution in [3.8, 4) is 23.0 Å². The fourth-order valence-corrected chi connectivity index (χ4v) is 4.60. The molecular formula is C21H14BrNO6. The van der Waals surface area contributed by atoms with Crippen molar-refractivity contribution in [3.05, 3.63) is 51.4 Å². The van der Waals surface area contributed by atoms with E-state index >= 15 is 0 Å². The lowest BCUT2D eigenvalue weighted by Crippen LogP contribution is -2.02. The van der Waals surface area contributed by atoms with Gasteiger partial charge in [0.25, 0.3) is 0 Å². The molecule has 0 bridgehead atoms. The van der Waals surface area contributed by atoms with E-state index in [0.29, 0.717) is 26.5 Å². The van der Waals surface area contributed by atoms with Gasteiger partial charge in [0.05, 0.1) is 24.2 Å². The van der Waals surface area contributed by atoms with Gasteiger partial charge in [-0.2, -0.15) is 0 Å². The first-order chi connectivity index (χ1) is 13.9. The summed E-state index contributed by atoms with van der Waals surface area (Å²) in [6.07, 6.45) is 1.75. The number of rotatable bonds is 2. The number of fused-ring (bicyclic) bond motifs is 7. The number of benzene rings is 2. The van der Waals surface area contributed by atoms with Gasteiger partial charge in [0.2, 0.25) is 0 Å². The van der Waals surface area contributed by atoms with Crippen molar-refractivity contribution in [2.45, 2.75) is 0 Å². The second kappa shape index (κ2) is 6.05. The fourth-order valence-electron chi connectivity index (χ4n) is 3.79. The highest BCUT2D eigenvalue weighted by Crippen LogP contribution is 2.42. The Morgan fingerprint density at radius 2 is 1.62 bits per heavy atom. The van der Waals surface area contributed by atoms with Gasteiger partial charge in [-0.15, -0.1) is 0 Å². The smallest absolute Gasteiger partial charge is 0.361 e. The Morgan fingerprint density at radius 3 is 2.31 bits per heavy atom. The Balaban J connectivity index is 2.06. The third-order valence-electron chi connectivity index (χ3n) is 5.10. The molecule has 8 heteroatoms. The minimum absolute atomic E-state index is 0.0294. The molecule has 0 amide bonds. The van der Waals surface area contributed by atoms with Gasteiger partial charge in [0, 0.05) is 28.4 Å². The zero-order valence-corrected chi connectivity index (χ0v) is 16.9. The van der Waals surface area contributed by atoms with Crippen molar-refractivity contribution in [1.29, 1.82) is 0 Å². The maximum atomic E-state index is 12.8. The third kappa shape index (κ3) is 2.32. The summed E-state index contributed by atoms with van der Waals surface area (Å²) in [5.41, 5.74) is 0.781. The van der Waals surface area contributed by atoms with Crippen LogP contribution in [-0.2, 0) is 0 Å². The zero-order valence-electron chi connectivity index (χ0n) is 15.3. The molecule has 0 atom stereocenters. The summed E-state index contributed by atoms with van der Waals surface area (Å²) in [7, 11) is 2.93. The van der Waals surface area contributed by atoms with Crippen molar-refractivity contribution in [1.82, 2.24) is 4.40 Å². The maximum Gasteiger partial charge on any atom is 0.361 e. The largest absolute Gasteiger partial charge is 0.504 e. The molecule has 29 heavy (non-hydrogen) atoms. The van der Waals surface area contributed by atoms with Gasteiger partial charge in [-0.3, -0.25) is 0 Å². The zero-order chi connectivity index (χ0) is 20.4. The summed E-state index contributed by atoms with van der Waals surface area (Å²) in [5, 5.41) is 23.0. The molecule has 0 spiro atoms. The second-order valence-corrected chi connectivity index (χ2v) is 7.39. The van der Waals surface area contributed by atoms with Crippen LogP contribution < -0.4 is 15.1 Å². The minimum Gasteiger partial charge on any atom is -0.504 e. The maximum absolute atomic E-state index is 12.8. The van der Waals surface area contributed by atoms with Crippen molar-refractivity contribution in [3.63, 3.8) is 0 Å². The highest BCUT2D eigenvalue weighted by molar-refractivity contribution is 9.10. The predicted molar refractivity (Wildman–Crippen MR) is 113 cm³/mol. The normalized spacial score (nSPS) is 11.7. The van der Waals surface area contributed by atoms with Gasteiger partial charge < -0.3 is 28.5 Å². The third-order valence-corrected chi connectivity index (χ3v) is 5.87. The predicted octanol–water partition coefficient (Wildman–Crippen LogP) is 4.54. The van der Waals surface area contributed by atoms with E-state index in [-0.39, 0.29) is 22.8 Å². The van der Waals surface area contributed by atoms with Crippen molar-refractivity contribution in [2.75, 3.05) is 14.2 Å². The molecule has 0 radical (unpaired) electrons. The number of halogens is 1. The fraction of sp³-hybridized carbons (Fsp3) is 0.0952. The number of nitrogens with zero attached hydrogens (tertiary/aromatic N) is 1.